The molecule has 17 heavy (non-hydrogen) atoms. The molecule has 1 nitrogen and oxygen atoms in total. The minimum absolute atomic E-state index is 0.739. The molecule has 0 aliphatic rings. The van der Waals surface area contributed by atoms with Crippen molar-refractivity contribution in [1.29, 1.82) is 0 Å². The lowest BCUT2D eigenvalue weighted by Gasteiger charge is -2.21. The third-order valence-electron chi connectivity index (χ3n) is 2.66. The van der Waals surface area contributed by atoms with Gasteiger partial charge in [0.15, 0.2) is 0 Å². The summed E-state index contributed by atoms with van der Waals surface area (Å²) < 4.78 is 0.990. The number of nitrogens with zero attached hydrogens (tertiary/aromatic N) is 1. The highest BCUT2D eigenvalue weighted by molar-refractivity contribution is 9.10. The van der Waals surface area contributed by atoms with Crippen LogP contribution in [0, 0.1) is 6.92 Å². The number of halogens is 2. The van der Waals surface area contributed by atoms with E-state index in [1.807, 2.05) is 31.3 Å². The number of benzene rings is 2. The number of anilines is 2. The van der Waals surface area contributed by atoms with Crippen molar-refractivity contribution in [2.75, 3.05) is 11.9 Å². The quantitative estimate of drug-likeness (QED) is 0.739. The van der Waals surface area contributed by atoms with E-state index in [0.29, 0.717) is 0 Å². The first-order valence-corrected chi connectivity index (χ1v) is 6.50. The van der Waals surface area contributed by atoms with Gasteiger partial charge in [0.25, 0.3) is 0 Å². The topological polar surface area (TPSA) is 3.24 Å². The van der Waals surface area contributed by atoms with E-state index in [-0.39, 0.29) is 0 Å². The lowest BCUT2D eigenvalue weighted by atomic mass is 10.2. The van der Waals surface area contributed by atoms with Crippen LogP contribution in [-0.4, -0.2) is 7.05 Å². The summed E-state index contributed by atoms with van der Waals surface area (Å²) in [5.74, 6) is 0. The fourth-order valence-electron chi connectivity index (χ4n) is 1.73. The Bertz CT molecular complexity index is 539. The first-order chi connectivity index (χ1) is 8.08. The Kier molecular flexibility index (Phi) is 3.75. The van der Waals surface area contributed by atoms with Crippen LogP contribution in [0.15, 0.2) is 46.9 Å². The van der Waals surface area contributed by atoms with E-state index in [1.165, 1.54) is 5.56 Å². The molecule has 0 atom stereocenters. The van der Waals surface area contributed by atoms with Gasteiger partial charge in [-0.3, -0.25) is 0 Å². The van der Waals surface area contributed by atoms with Crippen molar-refractivity contribution in [3.63, 3.8) is 0 Å². The average Bonchev–Trinajstić information content (AvgIpc) is 2.28. The van der Waals surface area contributed by atoms with Gasteiger partial charge in [-0.05, 0) is 42.8 Å². The summed E-state index contributed by atoms with van der Waals surface area (Å²) in [6.07, 6.45) is 0. The highest BCUT2D eigenvalue weighted by Gasteiger charge is 2.08. The lowest BCUT2D eigenvalue weighted by Crippen LogP contribution is -2.09. The van der Waals surface area contributed by atoms with Crippen molar-refractivity contribution in [2.45, 2.75) is 6.92 Å². The molecule has 2 aromatic rings. The minimum Gasteiger partial charge on any atom is -0.343 e. The van der Waals surface area contributed by atoms with Crippen LogP contribution in [0.2, 0.25) is 5.02 Å². The molecule has 0 aliphatic heterocycles. The molecule has 3 heteroatoms. The Hall–Kier alpha value is -0.990. The van der Waals surface area contributed by atoms with Crippen molar-refractivity contribution in [3.8, 4) is 0 Å². The van der Waals surface area contributed by atoms with E-state index in [4.69, 9.17) is 11.6 Å². The molecule has 88 valence electrons. The van der Waals surface area contributed by atoms with Crippen LogP contribution in [0.4, 0.5) is 11.4 Å². The average molecular weight is 311 g/mol. The summed E-state index contributed by atoms with van der Waals surface area (Å²) in [5.41, 5.74) is 3.37. The van der Waals surface area contributed by atoms with E-state index < -0.39 is 0 Å². The normalized spacial score (nSPS) is 10.4. The number of rotatable bonds is 2. The summed E-state index contributed by atoms with van der Waals surface area (Å²) in [6, 6.07) is 14.3. The van der Waals surface area contributed by atoms with Gasteiger partial charge in [-0.2, -0.15) is 0 Å². The molecule has 0 spiro atoms. The summed E-state index contributed by atoms with van der Waals surface area (Å²) in [5, 5.41) is 0.739. The van der Waals surface area contributed by atoms with Crippen molar-refractivity contribution in [1.82, 2.24) is 0 Å². The van der Waals surface area contributed by atoms with E-state index >= 15 is 0 Å². The Labute approximate surface area is 115 Å². The molecule has 0 amide bonds. The molecule has 2 rings (SSSR count). The highest BCUT2D eigenvalue weighted by Crippen LogP contribution is 2.32. The number of hydrogen-bond acceptors (Lipinski definition) is 1. The Morgan fingerprint density at radius 3 is 2.53 bits per heavy atom. The summed E-state index contributed by atoms with van der Waals surface area (Å²) in [4.78, 5) is 2.09. The van der Waals surface area contributed by atoms with Gasteiger partial charge in [0.2, 0.25) is 0 Å². The SMILES string of the molecule is Cc1cccc(N(C)c2ccc(Br)cc2Cl)c1. The van der Waals surface area contributed by atoms with Crippen molar-refractivity contribution >= 4 is 38.9 Å². The van der Waals surface area contributed by atoms with E-state index in [1.54, 1.807) is 0 Å². The van der Waals surface area contributed by atoms with Gasteiger partial charge in [0, 0.05) is 17.2 Å². The van der Waals surface area contributed by atoms with Gasteiger partial charge < -0.3 is 4.90 Å². The molecular formula is C14H13BrClN. The van der Waals surface area contributed by atoms with Gasteiger partial charge in [-0.1, -0.05) is 39.7 Å². The molecule has 0 saturated carbocycles. The molecule has 0 heterocycles. The van der Waals surface area contributed by atoms with Crippen LogP contribution in [0.1, 0.15) is 5.56 Å². The van der Waals surface area contributed by atoms with E-state index in [2.05, 4.69) is 46.0 Å². The third kappa shape index (κ3) is 2.82. The molecule has 0 aromatic heterocycles. The molecule has 0 bridgehead atoms. The van der Waals surface area contributed by atoms with Crippen LogP contribution < -0.4 is 4.90 Å². The maximum Gasteiger partial charge on any atom is 0.0654 e. The standard InChI is InChI=1S/C14H13BrClN/c1-10-4-3-5-12(8-10)17(2)14-7-6-11(15)9-13(14)16/h3-9H,1-2H3. The fourth-order valence-corrected chi connectivity index (χ4v) is 2.53. The molecule has 0 fully saturated rings. The first kappa shape index (κ1) is 12.5. The lowest BCUT2D eigenvalue weighted by molar-refractivity contribution is 1.20. The smallest absolute Gasteiger partial charge is 0.0654 e. The van der Waals surface area contributed by atoms with Crippen LogP contribution >= 0.6 is 27.5 Å². The second-order valence-corrected chi connectivity index (χ2v) is 5.32. The minimum atomic E-state index is 0.739. The van der Waals surface area contributed by atoms with Gasteiger partial charge >= 0.3 is 0 Å². The Balaban J connectivity index is 2.40. The Morgan fingerprint density at radius 1 is 1.12 bits per heavy atom. The van der Waals surface area contributed by atoms with Crippen molar-refractivity contribution in [2.24, 2.45) is 0 Å². The zero-order valence-electron chi connectivity index (χ0n) is 9.74. The summed E-state index contributed by atoms with van der Waals surface area (Å²) in [6.45, 7) is 2.08. The predicted molar refractivity (Wildman–Crippen MR) is 78.4 cm³/mol. The second kappa shape index (κ2) is 5.11. The number of hydrogen-bond donors (Lipinski definition) is 0. The molecule has 0 radical (unpaired) electrons. The van der Waals surface area contributed by atoms with Gasteiger partial charge in [-0.15, -0.1) is 0 Å². The third-order valence-corrected chi connectivity index (χ3v) is 3.46. The maximum absolute atomic E-state index is 6.24. The second-order valence-electron chi connectivity index (χ2n) is 3.99. The largest absolute Gasteiger partial charge is 0.343 e. The first-order valence-electron chi connectivity index (χ1n) is 5.33. The molecule has 0 aliphatic carbocycles. The molecule has 0 saturated heterocycles. The maximum atomic E-state index is 6.24. The van der Waals surface area contributed by atoms with E-state index in [9.17, 15) is 0 Å². The highest BCUT2D eigenvalue weighted by atomic mass is 79.9. The van der Waals surface area contributed by atoms with Crippen molar-refractivity contribution in [3.05, 3.63) is 57.5 Å². The van der Waals surface area contributed by atoms with Gasteiger partial charge in [0.1, 0.15) is 0 Å². The van der Waals surface area contributed by atoms with Crippen LogP contribution in [0.5, 0.6) is 0 Å². The zero-order chi connectivity index (χ0) is 12.4. The van der Waals surface area contributed by atoms with Crippen LogP contribution in [0.25, 0.3) is 0 Å². The van der Waals surface area contributed by atoms with Crippen LogP contribution in [-0.2, 0) is 0 Å². The van der Waals surface area contributed by atoms with Gasteiger partial charge in [0.05, 0.1) is 10.7 Å². The zero-order valence-corrected chi connectivity index (χ0v) is 12.1. The molecule has 0 N–H and O–H groups in total. The summed E-state index contributed by atoms with van der Waals surface area (Å²) in [7, 11) is 2.02. The number of aryl methyl sites for hydroxylation is 1. The van der Waals surface area contributed by atoms with Crippen LogP contribution in [0.3, 0.4) is 0 Å². The summed E-state index contributed by atoms with van der Waals surface area (Å²) >= 11 is 9.65. The van der Waals surface area contributed by atoms with E-state index in [0.717, 1.165) is 20.9 Å². The predicted octanol–water partition coefficient (Wildman–Crippen LogP) is 5.18. The monoisotopic (exact) mass is 309 g/mol. The molecule has 2 aromatic carbocycles. The molecular weight excluding hydrogens is 298 g/mol. The van der Waals surface area contributed by atoms with Gasteiger partial charge in [-0.25, -0.2) is 0 Å². The Morgan fingerprint density at radius 2 is 1.88 bits per heavy atom. The fraction of sp³-hybridized carbons (Fsp3) is 0.143. The van der Waals surface area contributed by atoms with Crippen molar-refractivity contribution < 1.29 is 0 Å². The molecule has 0 unspecified atom stereocenters.